The van der Waals surface area contributed by atoms with Gasteiger partial charge in [0.2, 0.25) is 6.29 Å². The molecule has 2 aromatic rings. The average molecular weight is 581 g/mol. The molecule has 0 radical (unpaired) electrons. The van der Waals surface area contributed by atoms with Crippen LogP contribution >= 0.6 is 0 Å². The van der Waals surface area contributed by atoms with Gasteiger partial charge < -0.3 is 64.9 Å². The number of benzene rings is 2. The molecule has 0 saturated carbocycles. The van der Waals surface area contributed by atoms with Crippen molar-refractivity contribution in [3.63, 3.8) is 0 Å². The van der Waals surface area contributed by atoms with Crippen molar-refractivity contribution in [1.82, 2.24) is 0 Å². The van der Waals surface area contributed by atoms with Crippen LogP contribution in [-0.2, 0) is 14.2 Å². The van der Waals surface area contributed by atoms with E-state index in [2.05, 4.69) is 0 Å². The molecule has 2 fully saturated rings. The fourth-order valence-corrected chi connectivity index (χ4v) is 4.49. The second kappa shape index (κ2) is 12.7. The minimum atomic E-state index is -1.89. The number of rotatable bonds is 8. The summed E-state index contributed by atoms with van der Waals surface area (Å²) in [6.45, 7) is 0.625. The van der Waals surface area contributed by atoms with Gasteiger partial charge in [-0.05, 0) is 30.7 Å². The van der Waals surface area contributed by atoms with E-state index >= 15 is 0 Å². The number of aliphatic hydroxyl groups excluding tert-OH is 6. The lowest BCUT2D eigenvalue weighted by Crippen LogP contribution is -2.64. The van der Waals surface area contributed by atoms with Gasteiger partial charge in [0.15, 0.2) is 12.1 Å². The van der Waals surface area contributed by atoms with E-state index in [1.165, 1.54) is 37.3 Å². The molecule has 2 saturated heterocycles. The Labute approximate surface area is 233 Å². The molecule has 0 aliphatic carbocycles. The second-order valence-electron chi connectivity index (χ2n) is 9.73. The predicted molar refractivity (Wildman–Crippen MR) is 137 cm³/mol. The molecular formula is C27H32O14. The average Bonchev–Trinajstić information content (AvgIpc) is 2.93. The molecule has 41 heavy (non-hydrogen) atoms. The van der Waals surface area contributed by atoms with E-state index in [9.17, 15) is 50.8 Å². The van der Waals surface area contributed by atoms with Gasteiger partial charge in [0, 0.05) is 12.1 Å². The van der Waals surface area contributed by atoms with Gasteiger partial charge in [0.25, 0.3) is 0 Å². The summed E-state index contributed by atoms with van der Waals surface area (Å²) < 4.78 is 22.1. The standard InChI is InChI=1S/C27H32O14/c1-11-20(33)21(34)23(36)26(38-11)41-25-18(10-28)40-27(24(37)22(25)35)39-17-9-14(30)8-16(32)19(17)15(31)7-4-12-2-5-13(29)6-3-12/h2-9,11,18,20-30,32-37H,10H2,1H3/t11-,18+,20-,21+,22+,23+,24+,25+,26-,27+/m0/s1. The van der Waals surface area contributed by atoms with E-state index < -0.39 is 96.6 Å². The SMILES string of the molecule is C[C@@H]1O[C@@H](O[C@H]2[C@H](O)[C@@H](O)[C@H](Oc3cc(O)cc(O)c3C(=O)C=Cc3ccc(O)cc3)O[C@@H]2CO)[C@H](O)[C@H](O)[C@H]1O. The Kier molecular flexibility index (Phi) is 9.48. The zero-order valence-electron chi connectivity index (χ0n) is 21.7. The number of carbonyl (C=O) groups is 1. The largest absolute Gasteiger partial charge is 0.508 e. The third kappa shape index (κ3) is 6.62. The number of hydrogen-bond acceptors (Lipinski definition) is 14. The van der Waals surface area contributed by atoms with Crippen LogP contribution < -0.4 is 4.74 Å². The molecule has 14 heteroatoms. The molecule has 2 aliphatic heterocycles. The molecule has 14 nitrogen and oxygen atoms in total. The van der Waals surface area contributed by atoms with Crippen LogP contribution in [0, 0.1) is 0 Å². The number of phenols is 3. The quantitative estimate of drug-likeness (QED) is 0.131. The highest BCUT2D eigenvalue weighted by atomic mass is 16.7. The van der Waals surface area contributed by atoms with Crippen molar-refractivity contribution in [1.29, 1.82) is 0 Å². The Bertz CT molecular complexity index is 1230. The molecule has 2 aliphatic rings. The van der Waals surface area contributed by atoms with Gasteiger partial charge in [0.1, 0.15) is 71.3 Å². The predicted octanol–water partition coefficient (Wildman–Crippen LogP) is -1.27. The van der Waals surface area contributed by atoms with Crippen molar-refractivity contribution in [2.75, 3.05) is 6.61 Å². The van der Waals surface area contributed by atoms with E-state index in [4.69, 9.17) is 18.9 Å². The molecule has 0 bridgehead atoms. The number of carbonyl (C=O) groups excluding carboxylic acids is 1. The zero-order chi connectivity index (χ0) is 30.0. The Morgan fingerprint density at radius 1 is 0.854 bits per heavy atom. The Morgan fingerprint density at radius 3 is 2.17 bits per heavy atom. The molecule has 0 spiro atoms. The van der Waals surface area contributed by atoms with Gasteiger partial charge in [-0.3, -0.25) is 4.79 Å². The van der Waals surface area contributed by atoms with Crippen LogP contribution in [0.5, 0.6) is 23.0 Å². The van der Waals surface area contributed by atoms with Crippen LogP contribution in [0.25, 0.3) is 6.08 Å². The third-order valence-corrected chi connectivity index (χ3v) is 6.80. The number of aromatic hydroxyl groups is 3. The molecule has 10 atom stereocenters. The van der Waals surface area contributed by atoms with E-state index in [1.807, 2.05) is 0 Å². The summed E-state index contributed by atoms with van der Waals surface area (Å²) >= 11 is 0. The summed E-state index contributed by atoms with van der Waals surface area (Å²) in [5, 5.41) is 91.5. The first kappa shape index (κ1) is 30.6. The lowest BCUT2D eigenvalue weighted by molar-refractivity contribution is -0.349. The van der Waals surface area contributed by atoms with Crippen LogP contribution in [0.3, 0.4) is 0 Å². The molecule has 0 amide bonds. The minimum absolute atomic E-state index is 0.0239. The first-order chi connectivity index (χ1) is 19.4. The molecule has 2 heterocycles. The van der Waals surface area contributed by atoms with Crippen molar-refractivity contribution in [2.45, 2.75) is 68.3 Å². The summed E-state index contributed by atoms with van der Waals surface area (Å²) in [6.07, 6.45) is -13.2. The van der Waals surface area contributed by atoms with E-state index in [0.717, 1.165) is 18.2 Å². The van der Waals surface area contributed by atoms with Crippen LogP contribution in [0.1, 0.15) is 22.8 Å². The van der Waals surface area contributed by atoms with Crippen molar-refractivity contribution >= 4 is 11.9 Å². The Balaban J connectivity index is 1.53. The van der Waals surface area contributed by atoms with Gasteiger partial charge >= 0.3 is 0 Å². The summed E-state index contributed by atoms with van der Waals surface area (Å²) in [6, 6.07) is 7.76. The maximum Gasteiger partial charge on any atom is 0.229 e. The van der Waals surface area contributed by atoms with E-state index in [0.29, 0.717) is 5.56 Å². The minimum Gasteiger partial charge on any atom is -0.508 e. The van der Waals surface area contributed by atoms with Crippen LogP contribution in [0.4, 0.5) is 0 Å². The monoisotopic (exact) mass is 580 g/mol. The maximum absolute atomic E-state index is 13.0. The van der Waals surface area contributed by atoms with Gasteiger partial charge in [0.05, 0.1) is 12.7 Å². The first-order valence-electron chi connectivity index (χ1n) is 12.6. The van der Waals surface area contributed by atoms with Gasteiger partial charge in [-0.25, -0.2) is 0 Å². The van der Waals surface area contributed by atoms with Crippen LogP contribution in [0.15, 0.2) is 42.5 Å². The van der Waals surface area contributed by atoms with E-state index in [-0.39, 0.29) is 5.75 Å². The van der Waals surface area contributed by atoms with E-state index in [1.54, 1.807) is 0 Å². The zero-order valence-corrected chi connectivity index (χ0v) is 21.7. The highest BCUT2D eigenvalue weighted by Crippen LogP contribution is 2.36. The van der Waals surface area contributed by atoms with Crippen molar-refractivity contribution in [3.05, 3.63) is 53.6 Å². The molecule has 2 aromatic carbocycles. The molecule has 0 unspecified atom stereocenters. The van der Waals surface area contributed by atoms with Gasteiger partial charge in [-0.2, -0.15) is 0 Å². The number of ether oxygens (including phenoxy) is 4. The van der Waals surface area contributed by atoms with Crippen LogP contribution in [0.2, 0.25) is 0 Å². The van der Waals surface area contributed by atoms with Crippen molar-refractivity contribution in [3.8, 4) is 23.0 Å². The normalized spacial score (nSPS) is 34.0. The lowest BCUT2D eigenvalue weighted by Gasteiger charge is -2.45. The molecule has 9 N–H and O–H groups in total. The number of ketones is 1. The Morgan fingerprint density at radius 2 is 1.51 bits per heavy atom. The number of aliphatic hydroxyl groups is 6. The molecule has 4 rings (SSSR count). The highest BCUT2D eigenvalue weighted by Gasteiger charge is 2.50. The molecule has 224 valence electrons. The third-order valence-electron chi connectivity index (χ3n) is 6.80. The van der Waals surface area contributed by atoms with Crippen molar-refractivity contribution in [2.24, 2.45) is 0 Å². The number of allylic oxidation sites excluding steroid dienone is 1. The summed E-state index contributed by atoms with van der Waals surface area (Å²) in [5.74, 6) is -2.33. The fourth-order valence-electron chi connectivity index (χ4n) is 4.49. The fraction of sp³-hybridized carbons (Fsp3) is 0.444. The molecular weight excluding hydrogens is 548 g/mol. The van der Waals surface area contributed by atoms with Crippen molar-refractivity contribution < 1.29 is 69.7 Å². The lowest BCUT2D eigenvalue weighted by atomic mass is 9.97. The van der Waals surface area contributed by atoms with Gasteiger partial charge in [-0.1, -0.05) is 18.2 Å². The first-order valence-corrected chi connectivity index (χ1v) is 12.6. The molecule has 0 aromatic heterocycles. The highest BCUT2D eigenvalue weighted by molar-refractivity contribution is 6.10. The number of hydrogen-bond donors (Lipinski definition) is 9. The number of phenolic OH excluding ortho intramolecular Hbond substituents is 3. The summed E-state index contributed by atoms with van der Waals surface area (Å²) in [4.78, 5) is 13.0. The Hall–Kier alpha value is -3.31. The topological polar surface area (TPSA) is 236 Å². The second-order valence-corrected chi connectivity index (χ2v) is 9.73. The van der Waals surface area contributed by atoms with Gasteiger partial charge in [-0.15, -0.1) is 0 Å². The summed E-state index contributed by atoms with van der Waals surface area (Å²) in [5.41, 5.74) is 0.133. The van der Waals surface area contributed by atoms with Crippen LogP contribution in [-0.4, -0.2) is 120 Å². The smallest absolute Gasteiger partial charge is 0.229 e. The maximum atomic E-state index is 13.0. The summed E-state index contributed by atoms with van der Waals surface area (Å²) in [7, 11) is 0.